The summed E-state index contributed by atoms with van der Waals surface area (Å²) in [5, 5.41) is 3.64. The Kier molecular flexibility index (Phi) is 4.28. The minimum absolute atomic E-state index is 0.212. The first-order valence-electron chi connectivity index (χ1n) is 7.80. The second kappa shape index (κ2) is 6.22. The largest absolute Gasteiger partial charge is 0.451 e. The van der Waals surface area contributed by atoms with Crippen molar-refractivity contribution in [2.45, 2.75) is 45.2 Å². The second-order valence-electron chi connectivity index (χ2n) is 5.89. The van der Waals surface area contributed by atoms with Gasteiger partial charge in [0.25, 0.3) is 0 Å². The predicted octanol–water partition coefficient (Wildman–Crippen LogP) is 4.59. The summed E-state index contributed by atoms with van der Waals surface area (Å²) in [7, 11) is 0. The Bertz CT molecular complexity index is 731. The Morgan fingerprint density at radius 2 is 2.09 bits per heavy atom. The van der Waals surface area contributed by atoms with Gasteiger partial charge in [0, 0.05) is 12.2 Å². The maximum Gasteiger partial charge on any atom is 0.451 e. The van der Waals surface area contributed by atoms with Crippen LogP contribution in [0.4, 0.5) is 19.0 Å². The van der Waals surface area contributed by atoms with Gasteiger partial charge in [0.1, 0.15) is 11.5 Å². The highest BCUT2D eigenvalue weighted by Crippen LogP contribution is 2.30. The van der Waals surface area contributed by atoms with Gasteiger partial charge in [-0.3, -0.25) is 0 Å². The molecule has 3 rings (SSSR count). The number of anilines is 1. The molecule has 0 saturated carbocycles. The van der Waals surface area contributed by atoms with Crippen LogP contribution in [0.5, 0.6) is 0 Å². The molecule has 0 fully saturated rings. The summed E-state index contributed by atoms with van der Waals surface area (Å²) in [5.74, 6) is -0.880. The summed E-state index contributed by atoms with van der Waals surface area (Å²) in [6.45, 7) is 2.35. The van der Waals surface area contributed by atoms with Crippen molar-refractivity contribution in [1.82, 2.24) is 15.0 Å². The van der Waals surface area contributed by atoms with E-state index in [1.165, 1.54) is 18.4 Å². The molecule has 0 aromatic carbocycles. The third kappa shape index (κ3) is 3.65. The molecular weight excluding hydrogens is 305 g/mol. The molecule has 1 aliphatic carbocycles. The summed E-state index contributed by atoms with van der Waals surface area (Å²) in [6.07, 6.45) is 3.11. The van der Waals surface area contributed by atoms with Crippen LogP contribution < -0.4 is 5.32 Å². The summed E-state index contributed by atoms with van der Waals surface area (Å²) >= 11 is 0. The number of alkyl halides is 3. The predicted molar refractivity (Wildman–Crippen MR) is 83.3 cm³/mol. The molecule has 2 N–H and O–H groups in total. The molecule has 2 heterocycles. The van der Waals surface area contributed by atoms with Gasteiger partial charge in [-0.1, -0.05) is 11.6 Å². The van der Waals surface area contributed by atoms with Gasteiger partial charge in [0.2, 0.25) is 5.82 Å². The van der Waals surface area contributed by atoms with Crippen LogP contribution in [-0.4, -0.2) is 21.5 Å². The SMILES string of the molecule is Cc1cc2c(NCCC3=CCCCC3)nc(C(F)(F)F)nc2[nH]1. The molecule has 0 atom stereocenters. The number of nitrogens with one attached hydrogen (secondary N) is 2. The first kappa shape index (κ1) is 15.8. The Balaban J connectivity index is 1.81. The van der Waals surface area contributed by atoms with Crippen LogP contribution in [0.15, 0.2) is 17.7 Å². The number of rotatable bonds is 4. The average molecular weight is 324 g/mol. The van der Waals surface area contributed by atoms with Crippen molar-refractivity contribution < 1.29 is 13.2 Å². The van der Waals surface area contributed by atoms with Crippen LogP contribution in [-0.2, 0) is 6.18 Å². The van der Waals surface area contributed by atoms with Gasteiger partial charge in [-0.15, -0.1) is 0 Å². The maximum absolute atomic E-state index is 12.9. The zero-order valence-corrected chi connectivity index (χ0v) is 12.9. The molecule has 1 aliphatic rings. The smallest absolute Gasteiger partial charge is 0.369 e. The number of aromatic amines is 1. The molecule has 124 valence electrons. The van der Waals surface area contributed by atoms with E-state index in [2.05, 4.69) is 26.3 Å². The molecule has 4 nitrogen and oxygen atoms in total. The van der Waals surface area contributed by atoms with Crippen LogP contribution in [0.3, 0.4) is 0 Å². The number of hydrogen-bond acceptors (Lipinski definition) is 3. The standard InChI is InChI=1S/C16H19F3N4/c1-10-9-12-13(20-8-7-11-5-3-2-4-6-11)22-15(16(17,18)19)23-14(12)21-10/h5,9H,2-4,6-8H2,1H3,(H2,20,21,22,23). The van der Waals surface area contributed by atoms with Crippen LogP contribution in [0, 0.1) is 6.92 Å². The number of hydrogen-bond donors (Lipinski definition) is 2. The van der Waals surface area contributed by atoms with Crippen LogP contribution in [0.1, 0.15) is 43.6 Å². The van der Waals surface area contributed by atoms with Crippen LogP contribution >= 0.6 is 0 Å². The van der Waals surface area contributed by atoms with Crippen molar-refractivity contribution in [2.24, 2.45) is 0 Å². The number of allylic oxidation sites excluding steroid dienone is 1. The lowest BCUT2D eigenvalue weighted by Crippen LogP contribution is -2.14. The van der Waals surface area contributed by atoms with E-state index >= 15 is 0 Å². The van der Waals surface area contributed by atoms with Crippen LogP contribution in [0.25, 0.3) is 11.0 Å². The fourth-order valence-corrected chi connectivity index (χ4v) is 2.88. The zero-order valence-electron chi connectivity index (χ0n) is 12.9. The third-order valence-electron chi connectivity index (χ3n) is 4.00. The lowest BCUT2D eigenvalue weighted by atomic mass is 9.97. The number of aromatic nitrogens is 3. The molecular formula is C16H19F3N4. The van der Waals surface area contributed by atoms with Gasteiger partial charge < -0.3 is 10.3 Å². The van der Waals surface area contributed by atoms with Crippen molar-refractivity contribution >= 4 is 16.9 Å². The molecule has 0 aliphatic heterocycles. The van der Waals surface area contributed by atoms with E-state index in [0.717, 1.165) is 25.0 Å². The van der Waals surface area contributed by atoms with E-state index in [1.807, 2.05) is 0 Å². The summed E-state index contributed by atoms with van der Waals surface area (Å²) in [4.78, 5) is 10.1. The topological polar surface area (TPSA) is 53.6 Å². The van der Waals surface area contributed by atoms with E-state index in [0.29, 0.717) is 11.9 Å². The van der Waals surface area contributed by atoms with Crippen molar-refractivity contribution in [2.75, 3.05) is 11.9 Å². The number of H-pyrrole nitrogens is 1. The molecule has 0 unspecified atom stereocenters. The van der Waals surface area contributed by atoms with Gasteiger partial charge in [0.15, 0.2) is 0 Å². The summed E-state index contributed by atoms with van der Waals surface area (Å²) < 4.78 is 38.8. The van der Waals surface area contributed by atoms with E-state index in [4.69, 9.17) is 0 Å². The number of halogens is 3. The fraction of sp³-hybridized carbons (Fsp3) is 0.500. The van der Waals surface area contributed by atoms with Gasteiger partial charge in [-0.05, 0) is 45.1 Å². The zero-order chi connectivity index (χ0) is 16.4. The summed E-state index contributed by atoms with van der Waals surface area (Å²) in [6, 6.07) is 1.76. The second-order valence-corrected chi connectivity index (χ2v) is 5.89. The molecule has 2 aromatic heterocycles. The Hall–Kier alpha value is -2.05. The van der Waals surface area contributed by atoms with E-state index in [9.17, 15) is 13.2 Å². The van der Waals surface area contributed by atoms with Crippen molar-refractivity contribution in [3.8, 4) is 0 Å². The average Bonchev–Trinajstić information content (AvgIpc) is 2.88. The fourth-order valence-electron chi connectivity index (χ4n) is 2.88. The maximum atomic E-state index is 12.9. The van der Waals surface area contributed by atoms with E-state index < -0.39 is 12.0 Å². The highest BCUT2D eigenvalue weighted by Gasteiger charge is 2.35. The van der Waals surface area contributed by atoms with Crippen molar-refractivity contribution in [3.05, 3.63) is 29.2 Å². The van der Waals surface area contributed by atoms with E-state index in [1.54, 1.807) is 13.0 Å². The lowest BCUT2D eigenvalue weighted by Gasteiger charge is -2.14. The molecule has 0 amide bonds. The molecule has 0 spiro atoms. The van der Waals surface area contributed by atoms with Gasteiger partial charge in [-0.2, -0.15) is 13.2 Å². The number of fused-ring (bicyclic) bond motifs is 1. The van der Waals surface area contributed by atoms with Crippen molar-refractivity contribution in [1.29, 1.82) is 0 Å². The Morgan fingerprint density at radius 1 is 1.26 bits per heavy atom. The number of aryl methyl sites for hydroxylation is 1. The van der Waals surface area contributed by atoms with Gasteiger partial charge >= 0.3 is 6.18 Å². The minimum atomic E-state index is -4.56. The minimum Gasteiger partial charge on any atom is -0.369 e. The van der Waals surface area contributed by atoms with E-state index in [-0.39, 0.29) is 11.5 Å². The lowest BCUT2D eigenvalue weighted by molar-refractivity contribution is -0.144. The third-order valence-corrected chi connectivity index (χ3v) is 4.00. The molecule has 2 aromatic rings. The normalized spacial score (nSPS) is 15.7. The van der Waals surface area contributed by atoms with Crippen LogP contribution in [0.2, 0.25) is 0 Å². The molecule has 7 heteroatoms. The highest BCUT2D eigenvalue weighted by atomic mass is 19.4. The summed E-state index contributed by atoms with van der Waals surface area (Å²) in [5.41, 5.74) is 2.34. The monoisotopic (exact) mass is 324 g/mol. The molecule has 23 heavy (non-hydrogen) atoms. The van der Waals surface area contributed by atoms with Gasteiger partial charge in [0.05, 0.1) is 5.39 Å². The quantitative estimate of drug-likeness (QED) is 0.809. The Labute approximate surface area is 132 Å². The molecule has 0 bridgehead atoms. The molecule has 0 radical (unpaired) electrons. The first-order chi connectivity index (χ1) is 10.9. The highest BCUT2D eigenvalue weighted by molar-refractivity contribution is 5.87. The Morgan fingerprint density at radius 3 is 2.78 bits per heavy atom. The van der Waals surface area contributed by atoms with Crippen molar-refractivity contribution in [3.63, 3.8) is 0 Å². The van der Waals surface area contributed by atoms with Gasteiger partial charge in [-0.25, -0.2) is 9.97 Å². The first-order valence-corrected chi connectivity index (χ1v) is 7.80. The molecule has 0 saturated heterocycles. The number of nitrogens with zero attached hydrogens (tertiary/aromatic N) is 2.